The summed E-state index contributed by atoms with van der Waals surface area (Å²) in [6.45, 7) is 6.23. The number of anilines is 2. The van der Waals surface area contributed by atoms with Crippen LogP contribution in [0.4, 0.5) is 11.5 Å². The standard InChI is InChI=1S/C23H26N4O3S/c1-4-26(19(28)14-31-18-11-10-15(2)12-16(18)3)20-21(24)27(23(30)25-22(20)29)13-17-8-6-5-7-9-17/h5-12H,4,13-14,24H2,1-3H3,(H,25,29,30). The second kappa shape index (κ2) is 9.70. The molecule has 0 atom stereocenters. The SMILES string of the molecule is CCN(C(=O)CSc1ccc(C)cc1C)c1c(N)n(Cc2ccccc2)c(=O)[nH]c1=O. The lowest BCUT2D eigenvalue weighted by Gasteiger charge is -2.23. The van der Waals surface area contributed by atoms with E-state index in [0.29, 0.717) is 0 Å². The number of hydrogen-bond donors (Lipinski definition) is 2. The normalized spacial score (nSPS) is 10.8. The van der Waals surface area contributed by atoms with E-state index >= 15 is 0 Å². The van der Waals surface area contributed by atoms with Gasteiger partial charge in [-0.25, -0.2) is 4.79 Å². The molecule has 0 saturated carbocycles. The van der Waals surface area contributed by atoms with Crippen LogP contribution in [-0.4, -0.2) is 27.8 Å². The van der Waals surface area contributed by atoms with Crippen molar-refractivity contribution in [3.05, 3.63) is 86.1 Å². The van der Waals surface area contributed by atoms with Crippen LogP contribution in [0.2, 0.25) is 0 Å². The number of nitrogens with one attached hydrogen (secondary N) is 1. The van der Waals surface area contributed by atoms with Gasteiger partial charge in [0.1, 0.15) is 5.82 Å². The van der Waals surface area contributed by atoms with Crippen LogP contribution in [0.1, 0.15) is 23.6 Å². The van der Waals surface area contributed by atoms with Gasteiger partial charge in [-0.05, 0) is 38.0 Å². The lowest BCUT2D eigenvalue weighted by molar-refractivity contribution is -0.116. The highest BCUT2D eigenvalue weighted by Gasteiger charge is 2.23. The molecule has 7 nitrogen and oxygen atoms in total. The number of H-pyrrole nitrogens is 1. The molecule has 1 heterocycles. The molecule has 0 aliphatic carbocycles. The van der Waals surface area contributed by atoms with Crippen LogP contribution in [0.25, 0.3) is 0 Å². The van der Waals surface area contributed by atoms with Crippen molar-refractivity contribution in [3.8, 4) is 0 Å². The zero-order chi connectivity index (χ0) is 22.5. The zero-order valence-corrected chi connectivity index (χ0v) is 18.7. The third-order valence-corrected chi connectivity index (χ3v) is 6.13. The molecule has 2 aromatic carbocycles. The molecule has 0 saturated heterocycles. The maximum atomic E-state index is 13.0. The van der Waals surface area contributed by atoms with E-state index in [1.165, 1.54) is 21.2 Å². The van der Waals surface area contributed by atoms with Gasteiger partial charge in [0.25, 0.3) is 5.56 Å². The summed E-state index contributed by atoms with van der Waals surface area (Å²) in [5, 5.41) is 0. The second-order valence-corrected chi connectivity index (χ2v) is 8.28. The lowest BCUT2D eigenvalue weighted by Crippen LogP contribution is -2.41. The van der Waals surface area contributed by atoms with Crippen molar-refractivity contribution < 1.29 is 4.79 Å². The number of nitrogens with zero attached hydrogens (tertiary/aromatic N) is 2. The smallest absolute Gasteiger partial charge is 0.330 e. The number of amides is 1. The molecule has 1 aromatic heterocycles. The monoisotopic (exact) mass is 438 g/mol. The van der Waals surface area contributed by atoms with Crippen molar-refractivity contribution in [1.82, 2.24) is 9.55 Å². The van der Waals surface area contributed by atoms with Gasteiger partial charge < -0.3 is 10.6 Å². The minimum atomic E-state index is -0.668. The lowest BCUT2D eigenvalue weighted by atomic mass is 10.2. The number of aromatic amines is 1. The molecule has 0 unspecified atom stereocenters. The number of rotatable bonds is 7. The third kappa shape index (κ3) is 5.08. The molecular weight excluding hydrogens is 412 g/mol. The minimum Gasteiger partial charge on any atom is -0.383 e. The fourth-order valence-corrected chi connectivity index (χ4v) is 4.28. The number of benzene rings is 2. The van der Waals surface area contributed by atoms with E-state index in [4.69, 9.17) is 5.73 Å². The highest BCUT2D eigenvalue weighted by molar-refractivity contribution is 8.00. The molecule has 0 aliphatic rings. The number of nitrogen functional groups attached to an aromatic ring is 1. The van der Waals surface area contributed by atoms with Gasteiger partial charge in [0.2, 0.25) is 5.91 Å². The highest BCUT2D eigenvalue weighted by Crippen LogP contribution is 2.25. The van der Waals surface area contributed by atoms with Crippen LogP contribution < -0.4 is 21.9 Å². The summed E-state index contributed by atoms with van der Waals surface area (Å²) in [5.74, 6) is -0.132. The Bertz CT molecular complexity index is 1200. The second-order valence-electron chi connectivity index (χ2n) is 7.26. The molecule has 3 rings (SSSR count). The number of thioether (sulfide) groups is 1. The van der Waals surface area contributed by atoms with E-state index in [1.54, 1.807) is 6.92 Å². The molecule has 3 N–H and O–H groups in total. The van der Waals surface area contributed by atoms with E-state index in [0.717, 1.165) is 21.6 Å². The van der Waals surface area contributed by atoms with E-state index < -0.39 is 11.2 Å². The molecule has 3 aromatic rings. The molecule has 162 valence electrons. The van der Waals surface area contributed by atoms with Crippen LogP contribution in [0.5, 0.6) is 0 Å². The Balaban J connectivity index is 1.89. The maximum absolute atomic E-state index is 13.0. The Morgan fingerprint density at radius 2 is 1.84 bits per heavy atom. The summed E-state index contributed by atoms with van der Waals surface area (Å²) in [4.78, 5) is 42.6. The minimum absolute atomic E-state index is 0.00394. The largest absolute Gasteiger partial charge is 0.383 e. The number of carbonyl (C=O) groups is 1. The van der Waals surface area contributed by atoms with Gasteiger partial charge in [-0.3, -0.25) is 19.1 Å². The fraction of sp³-hybridized carbons (Fsp3) is 0.261. The topological polar surface area (TPSA) is 101 Å². The predicted molar refractivity (Wildman–Crippen MR) is 126 cm³/mol. The van der Waals surface area contributed by atoms with Gasteiger partial charge in [0, 0.05) is 11.4 Å². The van der Waals surface area contributed by atoms with E-state index in [1.807, 2.05) is 56.3 Å². The van der Waals surface area contributed by atoms with E-state index in [9.17, 15) is 14.4 Å². The first-order valence-corrected chi connectivity index (χ1v) is 11.0. The molecular formula is C23H26N4O3S. The first-order chi connectivity index (χ1) is 14.8. The van der Waals surface area contributed by atoms with Crippen molar-refractivity contribution in [2.24, 2.45) is 0 Å². The van der Waals surface area contributed by atoms with Crippen molar-refractivity contribution in [3.63, 3.8) is 0 Å². The Hall–Kier alpha value is -3.26. The first-order valence-electron chi connectivity index (χ1n) is 9.98. The Labute approximate surface area is 184 Å². The van der Waals surface area contributed by atoms with Crippen molar-refractivity contribution in [2.45, 2.75) is 32.2 Å². The van der Waals surface area contributed by atoms with Gasteiger partial charge in [-0.15, -0.1) is 11.8 Å². The fourth-order valence-electron chi connectivity index (χ4n) is 3.40. The molecule has 0 radical (unpaired) electrons. The summed E-state index contributed by atoms with van der Waals surface area (Å²) in [7, 11) is 0. The third-order valence-electron chi connectivity index (χ3n) is 4.97. The molecule has 31 heavy (non-hydrogen) atoms. The zero-order valence-electron chi connectivity index (χ0n) is 17.8. The number of carbonyl (C=O) groups excluding carboxylic acids is 1. The molecule has 0 aliphatic heterocycles. The molecule has 8 heteroatoms. The van der Waals surface area contributed by atoms with Crippen LogP contribution in [0, 0.1) is 13.8 Å². The van der Waals surface area contributed by atoms with Gasteiger partial charge in [-0.1, -0.05) is 48.0 Å². The first kappa shape index (κ1) is 22.4. The summed E-state index contributed by atoms with van der Waals surface area (Å²) in [6, 6.07) is 15.4. The van der Waals surface area contributed by atoms with Gasteiger partial charge in [-0.2, -0.15) is 0 Å². The number of aryl methyl sites for hydroxylation is 2. The van der Waals surface area contributed by atoms with Crippen LogP contribution in [0.3, 0.4) is 0 Å². The Morgan fingerprint density at radius 3 is 2.48 bits per heavy atom. The average molecular weight is 439 g/mol. The summed E-state index contributed by atoms with van der Waals surface area (Å²) in [5.41, 5.74) is 8.07. The molecule has 0 bridgehead atoms. The van der Waals surface area contributed by atoms with E-state index in [-0.39, 0.29) is 36.3 Å². The average Bonchev–Trinajstić information content (AvgIpc) is 2.74. The van der Waals surface area contributed by atoms with E-state index in [2.05, 4.69) is 11.1 Å². The quantitative estimate of drug-likeness (QED) is 0.553. The van der Waals surface area contributed by atoms with Crippen LogP contribution in [-0.2, 0) is 11.3 Å². The van der Waals surface area contributed by atoms with Crippen LogP contribution >= 0.6 is 11.8 Å². The summed E-state index contributed by atoms with van der Waals surface area (Å²) >= 11 is 1.41. The van der Waals surface area contributed by atoms with Gasteiger partial charge >= 0.3 is 5.69 Å². The molecule has 1 amide bonds. The highest BCUT2D eigenvalue weighted by atomic mass is 32.2. The molecule has 0 fully saturated rings. The van der Waals surface area contributed by atoms with Gasteiger partial charge in [0.05, 0.1) is 12.3 Å². The van der Waals surface area contributed by atoms with Gasteiger partial charge in [0.15, 0.2) is 5.69 Å². The van der Waals surface area contributed by atoms with Crippen molar-refractivity contribution in [1.29, 1.82) is 0 Å². The molecule has 0 spiro atoms. The Kier molecular flexibility index (Phi) is 7.02. The maximum Gasteiger partial charge on any atom is 0.330 e. The van der Waals surface area contributed by atoms with Crippen molar-refractivity contribution >= 4 is 29.2 Å². The Morgan fingerprint density at radius 1 is 1.13 bits per heavy atom. The summed E-state index contributed by atoms with van der Waals surface area (Å²) < 4.78 is 1.28. The number of hydrogen-bond acceptors (Lipinski definition) is 5. The summed E-state index contributed by atoms with van der Waals surface area (Å²) in [6.07, 6.45) is 0. The predicted octanol–water partition coefficient (Wildman–Crippen LogP) is 2.93. The number of nitrogens with two attached hydrogens (primary N) is 1. The van der Waals surface area contributed by atoms with Crippen LogP contribution in [0.15, 0.2) is 63.0 Å². The van der Waals surface area contributed by atoms with Crippen molar-refractivity contribution in [2.75, 3.05) is 22.9 Å². The number of aromatic nitrogens is 2.